The molecule has 32 heavy (non-hydrogen) atoms. The Morgan fingerprint density at radius 2 is 2.06 bits per heavy atom. The Labute approximate surface area is 190 Å². The van der Waals surface area contributed by atoms with Crippen molar-refractivity contribution in [2.45, 2.75) is 55.8 Å². The van der Waals surface area contributed by atoms with Gasteiger partial charge in [-0.15, -0.1) is 0 Å². The third-order valence-corrected chi connectivity index (χ3v) is 7.92. The summed E-state index contributed by atoms with van der Waals surface area (Å²) in [7, 11) is 0. The van der Waals surface area contributed by atoms with Gasteiger partial charge in [-0.1, -0.05) is 11.6 Å². The summed E-state index contributed by atoms with van der Waals surface area (Å²) in [5.41, 5.74) is -0.263. The van der Waals surface area contributed by atoms with Gasteiger partial charge < -0.3 is 14.4 Å². The minimum atomic E-state index is -0.846. The zero-order chi connectivity index (χ0) is 21.9. The fraction of sp³-hybridized carbons (Fsp3) is 0.682. The molecule has 3 aliphatic heterocycles. The first-order valence-corrected chi connectivity index (χ1v) is 11.8. The maximum absolute atomic E-state index is 15.0. The quantitative estimate of drug-likeness (QED) is 0.640. The van der Waals surface area contributed by atoms with Crippen molar-refractivity contribution in [3.8, 4) is 6.01 Å². The van der Waals surface area contributed by atoms with Gasteiger partial charge in [0.2, 0.25) is 0 Å². The Balaban J connectivity index is 1.39. The van der Waals surface area contributed by atoms with Crippen LogP contribution < -0.4 is 9.64 Å². The van der Waals surface area contributed by atoms with E-state index < -0.39 is 12.0 Å². The lowest BCUT2D eigenvalue weighted by Gasteiger charge is -2.32. The zero-order valence-corrected chi connectivity index (χ0v) is 18.6. The number of nitrogens with zero attached hydrogens (tertiary/aromatic N) is 5. The molecule has 0 unspecified atom stereocenters. The summed E-state index contributed by atoms with van der Waals surface area (Å²) < 4.78 is 40.9. The predicted octanol–water partition coefficient (Wildman–Crippen LogP) is 3.53. The maximum Gasteiger partial charge on any atom is 0.319 e. The fourth-order valence-electron chi connectivity index (χ4n) is 5.80. The first-order valence-electron chi connectivity index (χ1n) is 11.4. The van der Waals surface area contributed by atoms with Crippen LogP contribution in [0.25, 0.3) is 10.9 Å². The van der Waals surface area contributed by atoms with Gasteiger partial charge in [0.25, 0.3) is 0 Å². The van der Waals surface area contributed by atoms with Crippen LogP contribution in [0, 0.1) is 5.82 Å². The maximum atomic E-state index is 15.0. The van der Waals surface area contributed by atoms with E-state index >= 15 is 0 Å². The van der Waals surface area contributed by atoms with E-state index in [2.05, 4.69) is 19.8 Å². The van der Waals surface area contributed by atoms with Gasteiger partial charge >= 0.3 is 6.01 Å². The van der Waals surface area contributed by atoms with Gasteiger partial charge in [-0.25, -0.2) is 13.8 Å². The first-order chi connectivity index (χ1) is 15.5. The van der Waals surface area contributed by atoms with E-state index in [9.17, 15) is 8.78 Å². The molecular formula is C22H26ClF2N5O2. The van der Waals surface area contributed by atoms with Crippen molar-refractivity contribution < 1.29 is 18.3 Å². The van der Waals surface area contributed by atoms with E-state index in [0.29, 0.717) is 43.9 Å². The Bertz CT molecular complexity index is 1050. The number of alkyl halides is 1. The van der Waals surface area contributed by atoms with Crippen LogP contribution in [0.5, 0.6) is 6.01 Å². The smallest absolute Gasteiger partial charge is 0.319 e. The average molecular weight is 466 g/mol. The number of anilines is 1. The third kappa shape index (κ3) is 3.31. The Kier molecular flexibility index (Phi) is 4.93. The van der Waals surface area contributed by atoms with Gasteiger partial charge in [0.05, 0.1) is 17.5 Å². The molecule has 5 heterocycles. The van der Waals surface area contributed by atoms with Gasteiger partial charge in [-0.3, -0.25) is 4.90 Å². The summed E-state index contributed by atoms with van der Waals surface area (Å²) in [6, 6.07) is 0.0955. The predicted molar refractivity (Wildman–Crippen MR) is 116 cm³/mol. The van der Waals surface area contributed by atoms with Crippen LogP contribution in [0.15, 0.2) is 6.20 Å². The summed E-state index contributed by atoms with van der Waals surface area (Å²) >= 11 is 5.97. The van der Waals surface area contributed by atoms with E-state index in [4.69, 9.17) is 26.1 Å². The number of halogens is 3. The molecule has 4 fully saturated rings. The van der Waals surface area contributed by atoms with E-state index in [1.165, 1.54) is 6.20 Å². The van der Waals surface area contributed by atoms with Crippen molar-refractivity contribution in [1.29, 1.82) is 0 Å². The summed E-state index contributed by atoms with van der Waals surface area (Å²) in [6.07, 6.45) is 6.01. The first kappa shape index (κ1) is 20.7. The standard InChI is InChI=1S/C22H26ClF2N5O2/c23-18-16(25)17-15(11-26-18)19(30-7-9-31-8-5-21(30)3-4-21)28-20(27-17)32-13-22-2-1-6-29(22)12-14(24)10-22/h11,14H,1-10,12-13H2/t14-,22+/m1/s1. The summed E-state index contributed by atoms with van der Waals surface area (Å²) in [5, 5.41) is 0.280. The lowest BCUT2D eigenvalue weighted by Crippen LogP contribution is -2.43. The number of rotatable bonds is 4. The van der Waals surface area contributed by atoms with Crippen molar-refractivity contribution in [1.82, 2.24) is 19.9 Å². The summed E-state index contributed by atoms with van der Waals surface area (Å²) in [4.78, 5) is 17.5. The molecule has 1 spiro atoms. The van der Waals surface area contributed by atoms with Gasteiger partial charge in [0.15, 0.2) is 11.0 Å². The fourth-order valence-corrected chi connectivity index (χ4v) is 5.94. The van der Waals surface area contributed by atoms with Crippen molar-refractivity contribution in [3.05, 3.63) is 17.2 Å². The van der Waals surface area contributed by atoms with Crippen LogP contribution in [0.3, 0.4) is 0 Å². The molecule has 1 aliphatic carbocycles. The second kappa shape index (κ2) is 7.60. The Hall–Kier alpha value is -1.84. The highest BCUT2D eigenvalue weighted by molar-refractivity contribution is 6.30. The molecule has 0 N–H and O–H groups in total. The lowest BCUT2D eigenvalue weighted by atomic mass is 9.95. The third-order valence-electron chi connectivity index (χ3n) is 7.66. The van der Waals surface area contributed by atoms with Gasteiger partial charge in [-0.05, 0) is 38.6 Å². The van der Waals surface area contributed by atoms with E-state index in [-0.39, 0.29) is 34.4 Å². The van der Waals surface area contributed by atoms with Crippen molar-refractivity contribution >= 4 is 28.3 Å². The largest absolute Gasteiger partial charge is 0.461 e. The lowest BCUT2D eigenvalue weighted by molar-refractivity contribution is 0.107. The highest BCUT2D eigenvalue weighted by Gasteiger charge is 2.51. The molecule has 6 rings (SSSR count). The number of aromatic nitrogens is 3. The average Bonchev–Trinajstić information content (AvgIpc) is 3.42. The molecule has 172 valence electrons. The highest BCUT2D eigenvalue weighted by atomic mass is 35.5. The summed E-state index contributed by atoms with van der Waals surface area (Å²) in [5.74, 6) is -0.0782. The van der Waals surface area contributed by atoms with Crippen molar-refractivity contribution in [2.75, 3.05) is 44.4 Å². The number of hydrogen-bond acceptors (Lipinski definition) is 7. The number of ether oxygens (including phenoxy) is 2. The molecule has 4 aliphatic rings. The van der Waals surface area contributed by atoms with Crippen LogP contribution in [0.2, 0.25) is 5.15 Å². The van der Waals surface area contributed by atoms with E-state index in [1.54, 1.807) is 0 Å². The second-order valence-corrected chi connectivity index (χ2v) is 9.92. The molecule has 10 heteroatoms. The molecule has 1 saturated carbocycles. The van der Waals surface area contributed by atoms with Crippen LogP contribution >= 0.6 is 11.6 Å². The van der Waals surface area contributed by atoms with E-state index in [1.807, 2.05) is 0 Å². The minimum Gasteiger partial charge on any atom is -0.461 e. The molecule has 7 nitrogen and oxygen atoms in total. The van der Waals surface area contributed by atoms with Gasteiger partial charge in [-0.2, -0.15) is 9.97 Å². The van der Waals surface area contributed by atoms with Crippen LogP contribution in [-0.2, 0) is 4.74 Å². The topological polar surface area (TPSA) is 63.6 Å². The van der Waals surface area contributed by atoms with Crippen LogP contribution in [-0.4, -0.2) is 76.6 Å². The monoisotopic (exact) mass is 465 g/mol. The molecule has 0 radical (unpaired) electrons. The molecule has 0 aromatic carbocycles. The Morgan fingerprint density at radius 1 is 1.19 bits per heavy atom. The van der Waals surface area contributed by atoms with Crippen molar-refractivity contribution in [2.24, 2.45) is 0 Å². The zero-order valence-electron chi connectivity index (χ0n) is 17.8. The molecule has 2 atom stereocenters. The molecule has 3 saturated heterocycles. The normalized spacial score (nSPS) is 29.5. The molecule has 2 aromatic heterocycles. The minimum absolute atomic E-state index is 0.0288. The van der Waals surface area contributed by atoms with Crippen molar-refractivity contribution in [3.63, 3.8) is 0 Å². The highest BCUT2D eigenvalue weighted by Crippen LogP contribution is 2.49. The Morgan fingerprint density at radius 3 is 2.91 bits per heavy atom. The van der Waals surface area contributed by atoms with Gasteiger partial charge in [0.1, 0.15) is 24.1 Å². The molecule has 2 aromatic rings. The SMILES string of the molecule is Fc1c(Cl)ncc2c(N3CCOCCC34CC4)nc(OC[C@@]34CCCN3C[C@H](F)C4)nc12. The molecule has 0 bridgehead atoms. The van der Waals surface area contributed by atoms with Crippen LogP contribution in [0.4, 0.5) is 14.6 Å². The van der Waals surface area contributed by atoms with Gasteiger partial charge in [0, 0.05) is 37.9 Å². The number of hydrogen-bond donors (Lipinski definition) is 0. The molecule has 0 amide bonds. The summed E-state index contributed by atoms with van der Waals surface area (Å²) in [6.45, 7) is 3.52. The molecular weight excluding hydrogens is 440 g/mol. The van der Waals surface area contributed by atoms with Crippen LogP contribution in [0.1, 0.15) is 38.5 Å². The number of fused-ring (bicyclic) bond motifs is 2. The second-order valence-electron chi connectivity index (χ2n) is 9.56. The number of pyridine rings is 1. The van der Waals surface area contributed by atoms with E-state index in [0.717, 1.165) is 38.6 Å².